The van der Waals surface area contributed by atoms with Gasteiger partial charge in [0.15, 0.2) is 0 Å². The van der Waals surface area contributed by atoms with Crippen LogP contribution in [-0.2, 0) is 11.2 Å². The molecule has 1 unspecified atom stereocenters. The van der Waals surface area contributed by atoms with Gasteiger partial charge in [0.05, 0.1) is 0 Å². The highest BCUT2D eigenvalue weighted by Gasteiger charge is 2.55. The van der Waals surface area contributed by atoms with Crippen molar-refractivity contribution in [2.24, 2.45) is 5.92 Å². The monoisotopic (exact) mass is 381 g/mol. The van der Waals surface area contributed by atoms with Crippen molar-refractivity contribution in [3.05, 3.63) is 48.3 Å². The summed E-state index contributed by atoms with van der Waals surface area (Å²) >= 11 is 0. The van der Waals surface area contributed by atoms with Crippen molar-refractivity contribution in [3.63, 3.8) is 0 Å². The number of halogens is 2. The van der Waals surface area contributed by atoms with Crippen molar-refractivity contribution < 1.29 is 14.0 Å². The fourth-order valence-electron chi connectivity index (χ4n) is 3.85. The Morgan fingerprint density at radius 2 is 1.88 bits per heavy atom. The van der Waals surface area contributed by atoms with Gasteiger partial charge in [-0.1, -0.05) is 18.2 Å². The smallest absolute Gasteiger partial charge is 0.322 e. The van der Waals surface area contributed by atoms with E-state index >= 15 is 0 Å². The molecule has 0 radical (unpaired) electrons. The highest BCUT2D eigenvalue weighted by molar-refractivity contribution is 6.07. The van der Waals surface area contributed by atoms with Crippen LogP contribution in [0.4, 0.5) is 9.18 Å². The summed E-state index contributed by atoms with van der Waals surface area (Å²) in [6.45, 7) is 5.65. The first kappa shape index (κ1) is 20.4. The van der Waals surface area contributed by atoms with Gasteiger partial charge in [-0.2, -0.15) is 0 Å². The van der Waals surface area contributed by atoms with E-state index in [1.807, 2.05) is 0 Å². The summed E-state index contributed by atoms with van der Waals surface area (Å²) in [4.78, 5) is 27.0. The normalized spacial score (nSPS) is 23.5. The Morgan fingerprint density at radius 1 is 1.23 bits per heavy atom. The number of amides is 3. The van der Waals surface area contributed by atoms with Crippen molar-refractivity contribution in [1.29, 1.82) is 0 Å². The van der Waals surface area contributed by atoms with Crippen molar-refractivity contribution in [2.45, 2.75) is 31.2 Å². The lowest BCUT2D eigenvalue weighted by Gasteiger charge is -2.38. The van der Waals surface area contributed by atoms with Crippen LogP contribution < -0.4 is 10.6 Å². The number of piperidine rings is 1. The summed E-state index contributed by atoms with van der Waals surface area (Å²) in [6, 6.07) is 5.81. The van der Waals surface area contributed by atoms with Crippen LogP contribution in [0.25, 0.3) is 0 Å². The molecular weight excluding hydrogens is 357 g/mol. The first-order chi connectivity index (χ1) is 12.1. The molecule has 26 heavy (non-hydrogen) atoms. The Hall–Kier alpha value is -1.92. The Morgan fingerprint density at radius 3 is 2.50 bits per heavy atom. The maximum atomic E-state index is 13.2. The van der Waals surface area contributed by atoms with Gasteiger partial charge in [0.1, 0.15) is 11.4 Å². The van der Waals surface area contributed by atoms with E-state index in [0.29, 0.717) is 19.4 Å². The summed E-state index contributed by atoms with van der Waals surface area (Å²) in [5.74, 6) is -0.423. The highest BCUT2D eigenvalue weighted by atomic mass is 35.5. The zero-order valence-corrected chi connectivity index (χ0v) is 15.5. The lowest BCUT2D eigenvalue weighted by atomic mass is 9.74. The van der Waals surface area contributed by atoms with Gasteiger partial charge in [-0.05, 0) is 56.0 Å². The predicted molar refractivity (Wildman–Crippen MR) is 101 cm³/mol. The van der Waals surface area contributed by atoms with Crippen molar-refractivity contribution in [2.75, 3.05) is 19.6 Å². The molecule has 1 aromatic carbocycles. The number of rotatable bonds is 6. The van der Waals surface area contributed by atoms with Gasteiger partial charge in [0.25, 0.3) is 5.91 Å². The topological polar surface area (TPSA) is 61.4 Å². The number of urea groups is 1. The van der Waals surface area contributed by atoms with Crippen LogP contribution in [0.3, 0.4) is 0 Å². The molecule has 2 heterocycles. The summed E-state index contributed by atoms with van der Waals surface area (Å²) in [6.07, 6.45) is 4.29. The van der Waals surface area contributed by atoms with Crippen molar-refractivity contribution >= 4 is 24.3 Å². The highest BCUT2D eigenvalue weighted by Crippen LogP contribution is 2.35. The first-order valence-electron chi connectivity index (χ1n) is 8.77. The van der Waals surface area contributed by atoms with E-state index in [1.54, 1.807) is 18.2 Å². The summed E-state index contributed by atoms with van der Waals surface area (Å²) in [7, 11) is 0. The first-order valence-corrected chi connectivity index (χ1v) is 8.77. The van der Waals surface area contributed by atoms with Gasteiger partial charge >= 0.3 is 6.03 Å². The minimum absolute atomic E-state index is 0. The van der Waals surface area contributed by atoms with Gasteiger partial charge in [0.2, 0.25) is 0 Å². The SMILES string of the molecule is C=CCCN1C(=O)NC(Cc2ccc(F)cc2)(C2CCNCC2)C1=O.Cl. The number of nitrogens with one attached hydrogen (secondary N) is 2. The van der Waals surface area contributed by atoms with E-state index in [9.17, 15) is 14.0 Å². The number of hydrogen-bond acceptors (Lipinski definition) is 3. The fourth-order valence-corrected chi connectivity index (χ4v) is 3.85. The Labute approximate surface area is 159 Å². The molecule has 7 heteroatoms. The number of nitrogens with zero attached hydrogens (tertiary/aromatic N) is 1. The third kappa shape index (κ3) is 3.91. The molecule has 0 spiro atoms. The zero-order valence-electron chi connectivity index (χ0n) is 14.7. The Bertz CT molecular complexity index is 661. The molecule has 3 rings (SSSR count). The second-order valence-corrected chi connectivity index (χ2v) is 6.76. The fraction of sp³-hybridized carbons (Fsp3) is 0.474. The Kier molecular flexibility index (Phi) is 6.78. The van der Waals surface area contributed by atoms with Gasteiger partial charge < -0.3 is 10.6 Å². The minimum Gasteiger partial charge on any atom is -0.322 e. The van der Waals surface area contributed by atoms with E-state index in [0.717, 1.165) is 31.5 Å². The molecule has 0 bridgehead atoms. The quantitative estimate of drug-likeness (QED) is 0.588. The summed E-state index contributed by atoms with van der Waals surface area (Å²) in [5, 5.41) is 6.29. The maximum absolute atomic E-state index is 13.2. The van der Waals surface area contributed by atoms with Crippen molar-refractivity contribution in [3.8, 4) is 0 Å². The van der Waals surface area contributed by atoms with E-state index in [-0.39, 0.29) is 36.1 Å². The summed E-state index contributed by atoms with van der Waals surface area (Å²) in [5.41, 5.74) is -0.0998. The molecule has 2 aliphatic heterocycles. The number of hydrogen-bond donors (Lipinski definition) is 2. The van der Waals surface area contributed by atoms with Gasteiger partial charge in [-0.25, -0.2) is 9.18 Å². The molecule has 0 saturated carbocycles. The number of benzene rings is 1. The molecule has 5 nitrogen and oxygen atoms in total. The third-order valence-corrected chi connectivity index (χ3v) is 5.19. The molecule has 2 N–H and O–H groups in total. The average molecular weight is 382 g/mol. The van der Waals surface area contributed by atoms with Crippen LogP contribution in [0.1, 0.15) is 24.8 Å². The van der Waals surface area contributed by atoms with Crippen LogP contribution in [0, 0.1) is 11.7 Å². The molecular formula is C19H25ClFN3O2. The Balaban J connectivity index is 0.00000243. The van der Waals surface area contributed by atoms with Crippen LogP contribution in [0.2, 0.25) is 0 Å². The molecule has 1 aromatic rings. The molecule has 0 aromatic heterocycles. The van der Waals surface area contributed by atoms with E-state index in [1.165, 1.54) is 17.0 Å². The van der Waals surface area contributed by atoms with E-state index in [2.05, 4.69) is 17.2 Å². The van der Waals surface area contributed by atoms with Gasteiger partial charge in [0, 0.05) is 13.0 Å². The number of imide groups is 1. The van der Waals surface area contributed by atoms with E-state index < -0.39 is 5.54 Å². The predicted octanol–water partition coefficient (Wildman–Crippen LogP) is 2.66. The molecule has 2 fully saturated rings. The maximum Gasteiger partial charge on any atom is 0.325 e. The summed E-state index contributed by atoms with van der Waals surface area (Å²) < 4.78 is 13.2. The molecule has 0 aliphatic carbocycles. The molecule has 142 valence electrons. The second-order valence-electron chi connectivity index (χ2n) is 6.76. The number of carbonyl (C=O) groups is 2. The molecule has 3 amide bonds. The van der Waals surface area contributed by atoms with Crippen LogP contribution in [0.15, 0.2) is 36.9 Å². The van der Waals surface area contributed by atoms with Crippen LogP contribution >= 0.6 is 12.4 Å². The molecule has 1 atom stereocenters. The van der Waals surface area contributed by atoms with Crippen molar-refractivity contribution in [1.82, 2.24) is 15.5 Å². The zero-order chi connectivity index (χ0) is 17.9. The van der Waals surface area contributed by atoms with Gasteiger partial charge in [-0.15, -0.1) is 19.0 Å². The third-order valence-electron chi connectivity index (χ3n) is 5.19. The standard InChI is InChI=1S/C19H24FN3O2.ClH/c1-2-3-12-23-17(24)19(22-18(23)25,15-8-10-21-11-9-15)13-14-4-6-16(20)7-5-14;/h2,4-7,15,21H,1,3,8-13H2,(H,22,25);1H. The minimum atomic E-state index is -0.946. The van der Waals surface area contributed by atoms with Crippen LogP contribution in [-0.4, -0.2) is 42.0 Å². The lowest BCUT2D eigenvalue weighted by molar-refractivity contribution is -0.133. The second kappa shape index (κ2) is 8.64. The van der Waals surface area contributed by atoms with E-state index in [4.69, 9.17) is 0 Å². The lowest BCUT2D eigenvalue weighted by Crippen LogP contribution is -2.57. The largest absolute Gasteiger partial charge is 0.325 e. The molecule has 2 aliphatic rings. The van der Waals surface area contributed by atoms with Gasteiger partial charge in [-0.3, -0.25) is 9.69 Å². The average Bonchev–Trinajstić information content (AvgIpc) is 2.87. The number of carbonyl (C=O) groups excluding carboxylic acids is 2. The van der Waals surface area contributed by atoms with Crippen LogP contribution in [0.5, 0.6) is 0 Å². The molecule has 2 saturated heterocycles.